The molecule has 5 rings (SSSR count). The van der Waals surface area contributed by atoms with Crippen molar-refractivity contribution in [2.75, 3.05) is 13.1 Å². The Hall–Kier alpha value is -4.18. The van der Waals surface area contributed by atoms with Gasteiger partial charge in [-0.05, 0) is 49.4 Å². The van der Waals surface area contributed by atoms with Crippen LogP contribution >= 0.6 is 0 Å². The Morgan fingerprint density at radius 1 is 0.925 bits per heavy atom. The first-order chi connectivity index (χ1) is 19.4. The molecule has 0 saturated carbocycles. The summed E-state index contributed by atoms with van der Waals surface area (Å²) in [5.41, 5.74) is 2.49. The number of aromatic nitrogens is 1. The smallest absolute Gasteiger partial charge is 0.326 e. The number of carboxylic acid groups (broad SMARTS) is 1. The van der Waals surface area contributed by atoms with Gasteiger partial charge in [-0.3, -0.25) is 14.4 Å². The minimum absolute atomic E-state index is 0.0819. The van der Waals surface area contributed by atoms with Crippen LogP contribution in [0.3, 0.4) is 0 Å². The van der Waals surface area contributed by atoms with Crippen molar-refractivity contribution in [1.82, 2.24) is 25.8 Å². The number of rotatable bonds is 10. The van der Waals surface area contributed by atoms with E-state index in [0.29, 0.717) is 19.4 Å². The van der Waals surface area contributed by atoms with Crippen LogP contribution in [0.15, 0.2) is 60.8 Å². The van der Waals surface area contributed by atoms with E-state index < -0.39 is 35.9 Å². The minimum Gasteiger partial charge on any atom is -0.480 e. The predicted octanol–water partition coefficient (Wildman–Crippen LogP) is 1.75. The molecular formula is C30H35N5O5. The standard InChI is InChI=1S/C30H35N5O5/c36-27(34-25(30(39)40)16-19-8-2-1-3-9-19)24(17-20-18-32-22-11-5-4-10-21(20)22)33-28(37)26-13-7-15-35(26)29(38)23-12-6-14-31-23/h1-5,8-11,18,23-26,31-32H,6-7,12-17H2,(H,33,37)(H,34,36)(H,39,40). The Labute approximate surface area is 232 Å². The second-order valence-electron chi connectivity index (χ2n) is 10.6. The van der Waals surface area contributed by atoms with Crippen LogP contribution in [0.4, 0.5) is 0 Å². The molecule has 4 atom stereocenters. The maximum atomic E-state index is 13.6. The number of aromatic amines is 1. The molecule has 40 heavy (non-hydrogen) atoms. The lowest BCUT2D eigenvalue weighted by molar-refractivity contribution is -0.143. The van der Waals surface area contributed by atoms with Crippen molar-refractivity contribution in [3.8, 4) is 0 Å². The molecule has 2 fully saturated rings. The molecule has 1 aromatic heterocycles. The average molecular weight is 546 g/mol. The van der Waals surface area contributed by atoms with Gasteiger partial charge in [0, 0.05) is 36.5 Å². The lowest BCUT2D eigenvalue weighted by atomic mass is 10.0. The number of hydrogen-bond donors (Lipinski definition) is 5. The molecule has 210 valence electrons. The third-order valence-electron chi connectivity index (χ3n) is 7.83. The second-order valence-corrected chi connectivity index (χ2v) is 10.6. The van der Waals surface area contributed by atoms with E-state index in [1.54, 1.807) is 23.2 Å². The molecule has 2 aromatic carbocycles. The highest BCUT2D eigenvalue weighted by Crippen LogP contribution is 2.23. The zero-order valence-corrected chi connectivity index (χ0v) is 22.3. The molecule has 0 radical (unpaired) electrons. The fourth-order valence-corrected chi connectivity index (χ4v) is 5.72. The Morgan fingerprint density at radius 3 is 2.45 bits per heavy atom. The lowest BCUT2D eigenvalue weighted by Gasteiger charge is -2.28. The number of para-hydroxylation sites is 1. The monoisotopic (exact) mass is 545 g/mol. The Balaban J connectivity index is 1.35. The van der Waals surface area contributed by atoms with Gasteiger partial charge in [-0.25, -0.2) is 4.79 Å². The van der Waals surface area contributed by atoms with E-state index in [1.165, 1.54) is 0 Å². The predicted molar refractivity (Wildman–Crippen MR) is 149 cm³/mol. The van der Waals surface area contributed by atoms with Gasteiger partial charge in [0.25, 0.3) is 0 Å². The maximum absolute atomic E-state index is 13.6. The summed E-state index contributed by atoms with van der Waals surface area (Å²) in [4.78, 5) is 57.2. The molecule has 3 aromatic rings. The molecule has 2 aliphatic rings. The molecule has 4 unspecified atom stereocenters. The van der Waals surface area contributed by atoms with Gasteiger partial charge in [-0.15, -0.1) is 0 Å². The Bertz CT molecular complexity index is 1370. The summed E-state index contributed by atoms with van der Waals surface area (Å²) >= 11 is 0. The fraction of sp³-hybridized carbons (Fsp3) is 0.400. The number of aliphatic carboxylic acids is 1. The molecule has 2 saturated heterocycles. The Kier molecular flexibility index (Phi) is 8.45. The molecule has 2 aliphatic heterocycles. The molecule has 10 heteroatoms. The van der Waals surface area contributed by atoms with Crippen LogP contribution in [0.5, 0.6) is 0 Å². The first-order valence-electron chi connectivity index (χ1n) is 13.9. The van der Waals surface area contributed by atoms with Crippen LogP contribution in [0, 0.1) is 0 Å². The van der Waals surface area contributed by atoms with Crippen LogP contribution in [-0.2, 0) is 32.0 Å². The summed E-state index contributed by atoms with van der Waals surface area (Å²) in [6.45, 7) is 1.27. The number of nitrogens with zero attached hydrogens (tertiary/aromatic N) is 1. The van der Waals surface area contributed by atoms with E-state index in [-0.39, 0.29) is 24.8 Å². The van der Waals surface area contributed by atoms with Gasteiger partial charge in [0.2, 0.25) is 17.7 Å². The van der Waals surface area contributed by atoms with Gasteiger partial charge in [0.15, 0.2) is 0 Å². The average Bonchev–Trinajstić information content (AvgIpc) is 3.74. The Morgan fingerprint density at radius 2 is 1.70 bits per heavy atom. The number of carbonyl (C=O) groups excluding carboxylic acids is 3. The number of likely N-dealkylation sites (tertiary alicyclic amines) is 1. The highest BCUT2D eigenvalue weighted by molar-refractivity contribution is 5.95. The van der Waals surface area contributed by atoms with E-state index in [0.717, 1.165) is 41.4 Å². The van der Waals surface area contributed by atoms with Gasteiger partial charge in [0.05, 0.1) is 6.04 Å². The molecule has 0 bridgehead atoms. The third-order valence-corrected chi connectivity index (χ3v) is 7.83. The number of fused-ring (bicyclic) bond motifs is 1. The van der Waals surface area contributed by atoms with Crippen molar-refractivity contribution in [2.45, 2.75) is 62.7 Å². The number of amides is 3. The van der Waals surface area contributed by atoms with Crippen LogP contribution in [0.1, 0.15) is 36.8 Å². The quantitative estimate of drug-likeness (QED) is 0.263. The van der Waals surface area contributed by atoms with Crippen LogP contribution < -0.4 is 16.0 Å². The van der Waals surface area contributed by atoms with E-state index in [2.05, 4.69) is 20.9 Å². The number of benzene rings is 2. The van der Waals surface area contributed by atoms with E-state index in [4.69, 9.17) is 0 Å². The topological polar surface area (TPSA) is 144 Å². The molecular weight excluding hydrogens is 510 g/mol. The highest BCUT2D eigenvalue weighted by Gasteiger charge is 2.39. The first-order valence-corrected chi connectivity index (χ1v) is 13.9. The highest BCUT2D eigenvalue weighted by atomic mass is 16.4. The van der Waals surface area contributed by atoms with Crippen LogP contribution in [-0.4, -0.2) is 75.9 Å². The van der Waals surface area contributed by atoms with Crippen molar-refractivity contribution in [3.63, 3.8) is 0 Å². The second kappa shape index (κ2) is 12.3. The number of nitrogens with one attached hydrogen (secondary N) is 4. The fourth-order valence-electron chi connectivity index (χ4n) is 5.72. The zero-order valence-electron chi connectivity index (χ0n) is 22.3. The normalized spacial score (nSPS) is 20.2. The molecule has 10 nitrogen and oxygen atoms in total. The maximum Gasteiger partial charge on any atom is 0.326 e. The molecule has 3 heterocycles. The van der Waals surface area contributed by atoms with Crippen molar-refractivity contribution < 1.29 is 24.3 Å². The van der Waals surface area contributed by atoms with E-state index in [9.17, 15) is 24.3 Å². The largest absolute Gasteiger partial charge is 0.480 e. The van der Waals surface area contributed by atoms with Gasteiger partial charge < -0.3 is 30.9 Å². The molecule has 3 amide bonds. The van der Waals surface area contributed by atoms with Crippen molar-refractivity contribution in [2.24, 2.45) is 0 Å². The van der Waals surface area contributed by atoms with Crippen LogP contribution in [0.2, 0.25) is 0 Å². The first kappa shape index (κ1) is 27.4. The molecule has 0 aliphatic carbocycles. The van der Waals surface area contributed by atoms with Gasteiger partial charge >= 0.3 is 5.97 Å². The van der Waals surface area contributed by atoms with E-state index >= 15 is 0 Å². The van der Waals surface area contributed by atoms with Crippen molar-refractivity contribution in [3.05, 3.63) is 71.9 Å². The van der Waals surface area contributed by atoms with E-state index in [1.807, 2.05) is 42.5 Å². The minimum atomic E-state index is -1.17. The third kappa shape index (κ3) is 6.17. The molecule has 0 spiro atoms. The van der Waals surface area contributed by atoms with Gasteiger partial charge in [0.1, 0.15) is 18.1 Å². The van der Waals surface area contributed by atoms with Crippen molar-refractivity contribution >= 4 is 34.6 Å². The van der Waals surface area contributed by atoms with Crippen molar-refractivity contribution in [1.29, 1.82) is 0 Å². The summed E-state index contributed by atoms with van der Waals surface area (Å²) in [6, 6.07) is 13.6. The summed E-state index contributed by atoms with van der Waals surface area (Å²) < 4.78 is 0. The number of hydrogen-bond acceptors (Lipinski definition) is 5. The summed E-state index contributed by atoms with van der Waals surface area (Å²) in [7, 11) is 0. The number of carboxylic acids is 1. The molecule has 5 N–H and O–H groups in total. The summed E-state index contributed by atoms with van der Waals surface area (Å²) in [5.74, 6) is -2.23. The summed E-state index contributed by atoms with van der Waals surface area (Å²) in [5, 5.41) is 19.5. The SMILES string of the molecule is O=C(O)C(Cc1ccccc1)NC(=O)C(Cc1c[nH]c2ccccc12)NC(=O)C1CCCN1C(=O)C1CCCN1. The number of H-pyrrole nitrogens is 1. The van der Waals surface area contributed by atoms with Gasteiger partial charge in [-0.2, -0.15) is 0 Å². The van der Waals surface area contributed by atoms with Crippen LogP contribution in [0.25, 0.3) is 10.9 Å². The zero-order chi connectivity index (χ0) is 28.1. The lowest BCUT2D eigenvalue weighted by Crippen LogP contribution is -2.57. The summed E-state index contributed by atoms with van der Waals surface area (Å²) in [6.07, 6.45) is 4.94. The van der Waals surface area contributed by atoms with Gasteiger partial charge in [-0.1, -0.05) is 48.5 Å². The number of carbonyl (C=O) groups is 4.